The number of hydrogen-bond acceptors (Lipinski definition) is 3. The minimum atomic E-state index is 0. The molecule has 1 aromatic rings. The van der Waals surface area contributed by atoms with Gasteiger partial charge in [-0.25, -0.2) is 0 Å². The second-order valence-electron chi connectivity index (χ2n) is 3.79. The van der Waals surface area contributed by atoms with Crippen LogP contribution in [-0.4, -0.2) is 19.0 Å². The molecule has 4 heteroatoms. The van der Waals surface area contributed by atoms with Gasteiger partial charge in [0.05, 0.1) is 18.2 Å². The molecule has 2 nitrogen and oxygen atoms in total. The maximum atomic E-state index is 5.34. The second kappa shape index (κ2) is 5.49. The highest BCUT2D eigenvalue weighted by molar-refractivity contribution is 8.00. The standard InChI is InChI=1S/C12H17NOS.HI/c1-5-13-9(3)15-12-7-11(14-4)8(2)6-10(12)13;/h6-7,9H,5H2,1-4H3;1H/p-1. The molecule has 1 aliphatic heterocycles. The number of nitrogens with zero attached hydrogens (tertiary/aromatic N) is 1. The molecule has 1 aromatic carbocycles. The molecule has 1 atom stereocenters. The van der Waals surface area contributed by atoms with Crippen LogP contribution >= 0.6 is 11.8 Å². The Balaban J connectivity index is 0.00000128. The largest absolute Gasteiger partial charge is 1.00 e. The molecule has 0 N–H and O–H groups in total. The molecule has 0 saturated heterocycles. The van der Waals surface area contributed by atoms with E-state index in [1.165, 1.54) is 16.1 Å². The summed E-state index contributed by atoms with van der Waals surface area (Å²) in [5.41, 5.74) is 2.57. The molecule has 16 heavy (non-hydrogen) atoms. The van der Waals surface area contributed by atoms with E-state index in [-0.39, 0.29) is 24.0 Å². The summed E-state index contributed by atoms with van der Waals surface area (Å²) in [5.74, 6) is 0.992. The van der Waals surface area contributed by atoms with E-state index in [2.05, 4.69) is 37.8 Å². The number of halogens is 1. The van der Waals surface area contributed by atoms with Gasteiger partial charge < -0.3 is 33.6 Å². The third-order valence-electron chi connectivity index (χ3n) is 2.86. The first kappa shape index (κ1) is 14.0. The quantitative estimate of drug-likeness (QED) is 0.712. The Labute approximate surface area is 119 Å². The van der Waals surface area contributed by atoms with E-state index >= 15 is 0 Å². The van der Waals surface area contributed by atoms with Gasteiger partial charge in [-0.1, -0.05) is 11.8 Å². The lowest BCUT2D eigenvalue weighted by molar-refractivity contribution is -0.00000343. The molecule has 0 aromatic heterocycles. The lowest BCUT2D eigenvalue weighted by atomic mass is 10.2. The van der Waals surface area contributed by atoms with Crippen molar-refractivity contribution in [2.24, 2.45) is 0 Å². The normalized spacial score (nSPS) is 18.0. The summed E-state index contributed by atoms with van der Waals surface area (Å²) in [6.07, 6.45) is 0. The van der Waals surface area contributed by atoms with Crippen LogP contribution in [0.1, 0.15) is 19.4 Å². The van der Waals surface area contributed by atoms with Crippen LogP contribution in [0.3, 0.4) is 0 Å². The number of thioether (sulfide) groups is 1. The lowest BCUT2D eigenvalue weighted by Crippen LogP contribution is -3.00. The van der Waals surface area contributed by atoms with Crippen molar-refractivity contribution in [3.8, 4) is 5.75 Å². The molecule has 1 unspecified atom stereocenters. The Hall–Kier alpha value is -0.100. The van der Waals surface area contributed by atoms with E-state index in [1.807, 2.05) is 11.8 Å². The van der Waals surface area contributed by atoms with Gasteiger partial charge in [0.1, 0.15) is 5.75 Å². The summed E-state index contributed by atoms with van der Waals surface area (Å²) in [6.45, 7) is 7.61. The number of fused-ring (bicyclic) bond motifs is 1. The Morgan fingerprint density at radius 1 is 1.44 bits per heavy atom. The summed E-state index contributed by atoms with van der Waals surface area (Å²) >= 11 is 1.91. The predicted octanol–water partition coefficient (Wildman–Crippen LogP) is 0.286. The minimum Gasteiger partial charge on any atom is -1.00 e. The van der Waals surface area contributed by atoms with Gasteiger partial charge in [0.15, 0.2) is 0 Å². The number of ether oxygens (including phenoxy) is 1. The molecule has 1 heterocycles. The van der Waals surface area contributed by atoms with Crippen molar-refractivity contribution < 1.29 is 28.7 Å². The van der Waals surface area contributed by atoms with E-state index in [9.17, 15) is 0 Å². The molecular weight excluding hydrogens is 333 g/mol. The maximum absolute atomic E-state index is 5.34. The topological polar surface area (TPSA) is 12.5 Å². The van der Waals surface area contributed by atoms with Gasteiger partial charge in [-0.3, -0.25) is 0 Å². The Morgan fingerprint density at radius 3 is 2.69 bits per heavy atom. The molecule has 0 fully saturated rings. The van der Waals surface area contributed by atoms with Gasteiger partial charge >= 0.3 is 0 Å². The van der Waals surface area contributed by atoms with E-state index in [4.69, 9.17) is 4.74 Å². The van der Waals surface area contributed by atoms with Crippen LogP contribution in [0.2, 0.25) is 0 Å². The minimum absolute atomic E-state index is 0. The Bertz CT molecular complexity index is 384. The average molecular weight is 350 g/mol. The third kappa shape index (κ3) is 2.27. The first-order valence-corrected chi connectivity index (χ1v) is 6.17. The zero-order chi connectivity index (χ0) is 11.0. The van der Waals surface area contributed by atoms with Crippen LogP contribution in [0.5, 0.6) is 5.75 Å². The number of benzene rings is 1. The van der Waals surface area contributed by atoms with Crippen LogP contribution in [0, 0.1) is 6.92 Å². The predicted molar refractivity (Wildman–Crippen MR) is 66.1 cm³/mol. The maximum Gasteiger partial charge on any atom is 0.123 e. The van der Waals surface area contributed by atoms with Gasteiger partial charge in [-0.05, 0) is 38.5 Å². The third-order valence-corrected chi connectivity index (χ3v) is 4.04. The fourth-order valence-corrected chi connectivity index (χ4v) is 3.29. The average Bonchev–Trinajstić information content (AvgIpc) is 2.51. The van der Waals surface area contributed by atoms with Crippen molar-refractivity contribution in [3.63, 3.8) is 0 Å². The summed E-state index contributed by atoms with van der Waals surface area (Å²) in [4.78, 5) is 3.76. The van der Waals surface area contributed by atoms with Crippen molar-refractivity contribution in [2.75, 3.05) is 18.6 Å². The highest BCUT2D eigenvalue weighted by atomic mass is 127. The molecule has 0 saturated carbocycles. The number of anilines is 1. The van der Waals surface area contributed by atoms with Crippen molar-refractivity contribution in [2.45, 2.75) is 31.0 Å². The van der Waals surface area contributed by atoms with Crippen LogP contribution in [-0.2, 0) is 0 Å². The fourth-order valence-electron chi connectivity index (χ4n) is 2.06. The van der Waals surface area contributed by atoms with Crippen LogP contribution in [0.25, 0.3) is 0 Å². The highest BCUT2D eigenvalue weighted by Gasteiger charge is 2.26. The fraction of sp³-hybridized carbons (Fsp3) is 0.500. The van der Waals surface area contributed by atoms with Gasteiger partial charge in [-0.15, -0.1) is 0 Å². The molecule has 0 bridgehead atoms. The summed E-state index contributed by atoms with van der Waals surface area (Å²) in [6, 6.07) is 4.38. The van der Waals surface area contributed by atoms with Crippen molar-refractivity contribution in [3.05, 3.63) is 17.7 Å². The van der Waals surface area contributed by atoms with Crippen LogP contribution < -0.4 is 33.6 Å². The molecule has 0 aliphatic carbocycles. The van der Waals surface area contributed by atoms with E-state index in [0.717, 1.165) is 12.3 Å². The summed E-state index contributed by atoms with van der Waals surface area (Å²) in [5, 5.41) is 0.538. The Kier molecular flexibility index (Phi) is 4.79. The van der Waals surface area contributed by atoms with E-state index in [0.29, 0.717) is 5.37 Å². The summed E-state index contributed by atoms with van der Waals surface area (Å²) < 4.78 is 5.34. The zero-order valence-corrected chi connectivity index (χ0v) is 13.1. The first-order valence-electron chi connectivity index (χ1n) is 5.29. The molecular formula is C12H17INOS-. The summed E-state index contributed by atoms with van der Waals surface area (Å²) in [7, 11) is 1.73. The van der Waals surface area contributed by atoms with Crippen molar-refractivity contribution in [1.82, 2.24) is 0 Å². The molecule has 90 valence electrons. The second-order valence-corrected chi connectivity index (χ2v) is 5.15. The van der Waals surface area contributed by atoms with Gasteiger partial charge in [0.25, 0.3) is 0 Å². The number of rotatable bonds is 2. The van der Waals surface area contributed by atoms with Crippen LogP contribution in [0.4, 0.5) is 5.69 Å². The molecule has 0 radical (unpaired) electrons. The smallest absolute Gasteiger partial charge is 0.123 e. The first-order chi connectivity index (χ1) is 7.17. The SMILES string of the molecule is CCN1c2cc(C)c(OC)cc2SC1C.[I-]. The lowest BCUT2D eigenvalue weighted by Gasteiger charge is -2.21. The monoisotopic (exact) mass is 350 g/mol. The van der Waals surface area contributed by atoms with Gasteiger partial charge in [0.2, 0.25) is 0 Å². The zero-order valence-electron chi connectivity index (χ0n) is 10.1. The van der Waals surface area contributed by atoms with Crippen molar-refractivity contribution >= 4 is 17.4 Å². The van der Waals surface area contributed by atoms with Crippen molar-refractivity contribution in [1.29, 1.82) is 0 Å². The molecule has 0 spiro atoms. The number of aryl methyl sites for hydroxylation is 1. The van der Waals surface area contributed by atoms with E-state index in [1.54, 1.807) is 7.11 Å². The molecule has 1 aliphatic rings. The molecule has 0 amide bonds. The van der Waals surface area contributed by atoms with Gasteiger partial charge in [0, 0.05) is 11.4 Å². The number of methoxy groups -OCH3 is 1. The number of hydrogen-bond donors (Lipinski definition) is 0. The molecule has 2 rings (SSSR count). The Morgan fingerprint density at radius 2 is 2.12 bits per heavy atom. The van der Waals surface area contributed by atoms with E-state index < -0.39 is 0 Å². The highest BCUT2D eigenvalue weighted by Crippen LogP contribution is 2.45. The van der Waals surface area contributed by atoms with Crippen LogP contribution in [0.15, 0.2) is 17.0 Å². The van der Waals surface area contributed by atoms with Gasteiger partial charge in [-0.2, -0.15) is 0 Å².